The summed E-state index contributed by atoms with van der Waals surface area (Å²) >= 11 is 0. The molecular formula is C24H18N2. The third-order valence-electron chi connectivity index (χ3n) is 4.62. The second-order valence-electron chi connectivity index (χ2n) is 6.05. The molecule has 4 aromatic carbocycles. The number of hydrogen-bond acceptors (Lipinski definition) is 2. The maximum absolute atomic E-state index is 7.87. The highest BCUT2D eigenvalue weighted by Gasteiger charge is 2.16. The van der Waals surface area contributed by atoms with E-state index in [1.54, 1.807) is 0 Å². The number of nitrogens with zero attached hydrogens (tertiary/aromatic N) is 1. The largest absolute Gasteiger partial charge is 0.306 e. The van der Waals surface area contributed by atoms with Gasteiger partial charge in [0.15, 0.2) is 0 Å². The minimum absolute atomic E-state index is 0.618. The third-order valence-corrected chi connectivity index (χ3v) is 4.62. The molecule has 0 aliphatic heterocycles. The molecule has 0 unspecified atom stereocenters. The van der Waals surface area contributed by atoms with Crippen LogP contribution in [0.3, 0.4) is 0 Å². The van der Waals surface area contributed by atoms with Crippen LogP contribution in [-0.4, -0.2) is 11.9 Å². The van der Waals surface area contributed by atoms with E-state index in [0.29, 0.717) is 5.71 Å². The molecule has 1 N–H and O–H groups in total. The van der Waals surface area contributed by atoms with Crippen LogP contribution in [0, 0.1) is 5.41 Å². The van der Waals surface area contributed by atoms with E-state index in [-0.39, 0.29) is 0 Å². The van der Waals surface area contributed by atoms with Crippen molar-refractivity contribution < 1.29 is 0 Å². The molecule has 0 aromatic heterocycles. The molecule has 2 heteroatoms. The van der Waals surface area contributed by atoms with Crippen molar-refractivity contribution >= 4 is 33.5 Å². The SMILES string of the molecule is C=CN=C(C=N)c1c2ccccc2c(-c2ccccc2)c2ccccc12. The van der Waals surface area contributed by atoms with Crippen molar-refractivity contribution in [2.45, 2.75) is 0 Å². The Morgan fingerprint density at radius 2 is 1.23 bits per heavy atom. The van der Waals surface area contributed by atoms with Gasteiger partial charge in [-0.3, -0.25) is 4.99 Å². The molecule has 0 saturated heterocycles. The minimum Gasteiger partial charge on any atom is -0.306 e. The predicted molar refractivity (Wildman–Crippen MR) is 112 cm³/mol. The quantitative estimate of drug-likeness (QED) is 0.339. The zero-order chi connectivity index (χ0) is 17.9. The van der Waals surface area contributed by atoms with E-state index in [4.69, 9.17) is 5.41 Å². The maximum Gasteiger partial charge on any atom is 0.0889 e. The van der Waals surface area contributed by atoms with E-state index in [0.717, 1.165) is 27.1 Å². The molecule has 4 rings (SSSR count). The Bertz CT molecular complexity index is 1100. The van der Waals surface area contributed by atoms with Crippen LogP contribution in [0.2, 0.25) is 0 Å². The maximum atomic E-state index is 7.87. The van der Waals surface area contributed by atoms with E-state index in [9.17, 15) is 0 Å². The first kappa shape index (κ1) is 16.0. The average Bonchev–Trinajstić information content (AvgIpc) is 2.71. The van der Waals surface area contributed by atoms with Crippen LogP contribution in [-0.2, 0) is 0 Å². The highest BCUT2D eigenvalue weighted by atomic mass is 14.7. The molecule has 0 fully saturated rings. The first-order chi connectivity index (χ1) is 12.8. The Labute approximate surface area is 152 Å². The molecule has 0 atom stereocenters. The molecule has 0 heterocycles. The Hall–Kier alpha value is -3.52. The van der Waals surface area contributed by atoms with E-state index in [1.165, 1.54) is 23.5 Å². The van der Waals surface area contributed by atoms with Crippen LogP contribution in [0.25, 0.3) is 32.7 Å². The standard InChI is InChI=1S/C24H18N2/c1-2-26-22(16-25)24-20-14-8-6-12-18(20)23(17-10-4-3-5-11-17)19-13-7-9-15-21(19)24/h2-16,25H,1H2. The summed E-state index contributed by atoms with van der Waals surface area (Å²) in [5, 5.41) is 12.4. The third kappa shape index (κ3) is 2.52. The molecule has 26 heavy (non-hydrogen) atoms. The Morgan fingerprint density at radius 3 is 1.73 bits per heavy atom. The van der Waals surface area contributed by atoms with Crippen LogP contribution < -0.4 is 0 Å². The fourth-order valence-corrected chi connectivity index (χ4v) is 3.59. The van der Waals surface area contributed by atoms with Gasteiger partial charge < -0.3 is 5.41 Å². The van der Waals surface area contributed by atoms with Gasteiger partial charge in [-0.15, -0.1) is 0 Å². The summed E-state index contributed by atoms with van der Waals surface area (Å²) in [4.78, 5) is 4.35. The molecule has 0 bridgehead atoms. The van der Waals surface area contributed by atoms with Crippen LogP contribution in [0.5, 0.6) is 0 Å². The number of benzene rings is 4. The topological polar surface area (TPSA) is 36.2 Å². The number of fused-ring (bicyclic) bond motifs is 2. The zero-order valence-corrected chi connectivity index (χ0v) is 14.3. The minimum atomic E-state index is 0.618. The molecule has 0 radical (unpaired) electrons. The van der Waals surface area contributed by atoms with Crippen molar-refractivity contribution in [3.63, 3.8) is 0 Å². The van der Waals surface area contributed by atoms with Crippen LogP contribution in [0.15, 0.2) is 96.6 Å². The van der Waals surface area contributed by atoms with Crippen molar-refractivity contribution in [1.82, 2.24) is 0 Å². The summed E-state index contributed by atoms with van der Waals surface area (Å²) in [7, 11) is 0. The highest BCUT2D eigenvalue weighted by Crippen LogP contribution is 2.39. The summed E-state index contributed by atoms with van der Waals surface area (Å²) in [6.45, 7) is 3.71. The van der Waals surface area contributed by atoms with E-state index >= 15 is 0 Å². The molecule has 0 saturated carbocycles. The van der Waals surface area contributed by atoms with Crippen LogP contribution in [0.1, 0.15) is 5.56 Å². The lowest BCUT2D eigenvalue weighted by atomic mass is 9.87. The summed E-state index contributed by atoms with van der Waals surface area (Å²) in [5.74, 6) is 0. The first-order valence-corrected chi connectivity index (χ1v) is 8.53. The predicted octanol–water partition coefficient (Wildman–Crippen LogP) is 6.24. The van der Waals surface area contributed by atoms with Crippen molar-refractivity contribution in [3.8, 4) is 11.1 Å². The average molecular weight is 334 g/mol. The lowest BCUT2D eigenvalue weighted by Crippen LogP contribution is -2.04. The van der Waals surface area contributed by atoms with Crippen molar-refractivity contribution in [2.24, 2.45) is 4.99 Å². The van der Waals surface area contributed by atoms with Gasteiger partial charge in [0.1, 0.15) is 0 Å². The number of aliphatic imine (C=N–C) groups is 1. The van der Waals surface area contributed by atoms with Crippen LogP contribution in [0.4, 0.5) is 0 Å². The lowest BCUT2D eigenvalue weighted by molar-refractivity contribution is 1.55. The molecular weight excluding hydrogens is 316 g/mol. The smallest absolute Gasteiger partial charge is 0.0889 e. The highest BCUT2D eigenvalue weighted by molar-refractivity contribution is 6.44. The van der Waals surface area contributed by atoms with Gasteiger partial charge in [-0.25, -0.2) is 0 Å². The van der Waals surface area contributed by atoms with Gasteiger partial charge in [0.25, 0.3) is 0 Å². The zero-order valence-electron chi connectivity index (χ0n) is 14.3. The van der Waals surface area contributed by atoms with Gasteiger partial charge in [-0.1, -0.05) is 85.4 Å². The van der Waals surface area contributed by atoms with E-state index in [1.807, 2.05) is 18.2 Å². The van der Waals surface area contributed by atoms with Crippen LogP contribution >= 0.6 is 0 Å². The van der Waals surface area contributed by atoms with Gasteiger partial charge >= 0.3 is 0 Å². The fourth-order valence-electron chi connectivity index (χ4n) is 3.59. The second-order valence-corrected chi connectivity index (χ2v) is 6.05. The Kier molecular flexibility index (Phi) is 4.16. The molecule has 4 aromatic rings. The van der Waals surface area contributed by atoms with Crippen molar-refractivity contribution in [1.29, 1.82) is 5.41 Å². The molecule has 2 nitrogen and oxygen atoms in total. The number of nitrogens with one attached hydrogen (secondary N) is 1. The normalized spacial score (nSPS) is 11.6. The summed E-state index contributed by atoms with van der Waals surface area (Å²) in [6, 6.07) is 27.1. The Balaban J connectivity index is 2.26. The summed E-state index contributed by atoms with van der Waals surface area (Å²) < 4.78 is 0. The Morgan fingerprint density at radius 1 is 0.731 bits per heavy atom. The number of rotatable bonds is 4. The van der Waals surface area contributed by atoms with Gasteiger partial charge in [-0.2, -0.15) is 0 Å². The molecule has 124 valence electrons. The van der Waals surface area contributed by atoms with Crippen molar-refractivity contribution in [2.75, 3.05) is 0 Å². The summed E-state index contributed by atoms with van der Waals surface area (Å²) in [5.41, 5.74) is 3.99. The fraction of sp³-hybridized carbons (Fsp3) is 0. The van der Waals surface area contributed by atoms with Gasteiger partial charge in [-0.05, 0) is 32.7 Å². The van der Waals surface area contributed by atoms with E-state index < -0.39 is 0 Å². The lowest BCUT2D eigenvalue weighted by Gasteiger charge is -2.17. The molecule has 0 amide bonds. The van der Waals surface area contributed by atoms with Gasteiger partial charge in [0.2, 0.25) is 0 Å². The second kappa shape index (κ2) is 6.77. The first-order valence-electron chi connectivity index (χ1n) is 8.53. The van der Waals surface area contributed by atoms with Crippen molar-refractivity contribution in [3.05, 3.63) is 97.2 Å². The van der Waals surface area contributed by atoms with Gasteiger partial charge in [0, 0.05) is 18.0 Å². The van der Waals surface area contributed by atoms with E-state index in [2.05, 4.69) is 72.2 Å². The molecule has 0 aliphatic carbocycles. The monoisotopic (exact) mass is 334 g/mol. The molecule has 0 spiro atoms. The summed E-state index contributed by atoms with van der Waals surface area (Å²) in [6.07, 6.45) is 2.80. The van der Waals surface area contributed by atoms with Gasteiger partial charge in [0.05, 0.1) is 5.71 Å². The number of hydrogen-bond donors (Lipinski definition) is 1. The molecule has 0 aliphatic rings.